The van der Waals surface area contributed by atoms with Crippen LogP contribution in [0.4, 0.5) is 0 Å². The van der Waals surface area contributed by atoms with Crippen molar-refractivity contribution in [1.82, 2.24) is 4.90 Å². The average Bonchev–Trinajstić information content (AvgIpc) is 2.41. The second-order valence-electron chi connectivity index (χ2n) is 6.34. The first-order valence-corrected chi connectivity index (χ1v) is 7.69. The summed E-state index contributed by atoms with van der Waals surface area (Å²) < 4.78 is 0. The zero-order valence-corrected chi connectivity index (χ0v) is 13.6. The Morgan fingerprint density at radius 3 is 2.21 bits per heavy atom. The van der Waals surface area contributed by atoms with Gasteiger partial charge in [-0.2, -0.15) is 0 Å². The van der Waals surface area contributed by atoms with Gasteiger partial charge >= 0.3 is 0 Å². The molecule has 0 radical (unpaired) electrons. The lowest BCUT2D eigenvalue weighted by molar-refractivity contribution is -0.133. The van der Waals surface area contributed by atoms with Crippen molar-refractivity contribution in [1.29, 1.82) is 0 Å². The van der Waals surface area contributed by atoms with Crippen LogP contribution in [0.3, 0.4) is 0 Å². The lowest BCUT2D eigenvalue weighted by Crippen LogP contribution is -2.33. The molecule has 0 saturated carbocycles. The lowest BCUT2D eigenvalue weighted by atomic mass is 9.86. The Morgan fingerprint density at radius 2 is 1.74 bits per heavy atom. The molecule has 0 spiro atoms. The van der Waals surface area contributed by atoms with Crippen LogP contribution in [0, 0.1) is 23.7 Å². The highest BCUT2D eigenvalue weighted by molar-refractivity contribution is 5.78. The van der Waals surface area contributed by atoms with Gasteiger partial charge in [-0.15, -0.1) is 0 Å². The molecular formula is C16H33NO2. The number of aliphatic hydroxyl groups excluding tert-OH is 1. The van der Waals surface area contributed by atoms with Crippen molar-refractivity contribution in [2.45, 2.75) is 53.9 Å². The highest BCUT2D eigenvalue weighted by atomic mass is 16.3. The molecule has 3 nitrogen and oxygen atoms in total. The first-order chi connectivity index (χ1) is 8.83. The minimum Gasteiger partial charge on any atom is -0.396 e. The second-order valence-corrected chi connectivity index (χ2v) is 6.34. The highest BCUT2D eigenvalue weighted by Gasteiger charge is 2.18. The molecule has 1 amide bonds. The average molecular weight is 271 g/mol. The van der Waals surface area contributed by atoms with Crippen LogP contribution in [0.15, 0.2) is 0 Å². The summed E-state index contributed by atoms with van der Waals surface area (Å²) in [7, 11) is 1.90. The Labute approximate surface area is 119 Å². The third-order valence-corrected chi connectivity index (χ3v) is 4.40. The number of aliphatic hydroxyl groups is 1. The van der Waals surface area contributed by atoms with Crippen molar-refractivity contribution in [2.75, 3.05) is 20.2 Å². The SMILES string of the molecule is CC[C@@H](C)C(=O)N(C)CC[C@@H](C)C[C@H](C)[C@H](C)CO. The molecule has 0 fully saturated rings. The minimum absolute atomic E-state index is 0.133. The van der Waals surface area contributed by atoms with Crippen molar-refractivity contribution in [2.24, 2.45) is 23.7 Å². The van der Waals surface area contributed by atoms with Crippen LogP contribution in [0.5, 0.6) is 0 Å². The third kappa shape index (κ3) is 6.95. The normalized spacial score (nSPS) is 17.6. The maximum Gasteiger partial charge on any atom is 0.225 e. The summed E-state index contributed by atoms with van der Waals surface area (Å²) in [6.07, 6.45) is 3.07. The quantitative estimate of drug-likeness (QED) is 0.700. The lowest BCUT2D eigenvalue weighted by Gasteiger charge is -2.25. The van der Waals surface area contributed by atoms with Crippen molar-refractivity contribution < 1.29 is 9.90 Å². The van der Waals surface area contributed by atoms with Gasteiger partial charge in [-0.3, -0.25) is 4.79 Å². The zero-order valence-electron chi connectivity index (χ0n) is 13.6. The number of nitrogens with zero attached hydrogens (tertiary/aromatic N) is 1. The van der Waals surface area contributed by atoms with E-state index in [1.165, 1.54) is 0 Å². The van der Waals surface area contributed by atoms with Crippen LogP contribution >= 0.6 is 0 Å². The van der Waals surface area contributed by atoms with Crippen LogP contribution in [-0.4, -0.2) is 36.1 Å². The molecule has 114 valence electrons. The van der Waals surface area contributed by atoms with Gasteiger partial charge < -0.3 is 10.0 Å². The fourth-order valence-electron chi connectivity index (χ4n) is 2.24. The van der Waals surface area contributed by atoms with Gasteiger partial charge in [0.05, 0.1) is 0 Å². The molecule has 0 unspecified atom stereocenters. The maximum atomic E-state index is 12.0. The highest BCUT2D eigenvalue weighted by Crippen LogP contribution is 2.22. The van der Waals surface area contributed by atoms with E-state index >= 15 is 0 Å². The van der Waals surface area contributed by atoms with E-state index in [4.69, 9.17) is 5.11 Å². The van der Waals surface area contributed by atoms with Gasteiger partial charge in [0.1, 0.15) is 0 Å². The number of amides is 1. The Balaban J connectivity index is 4.02. The second kappa shape index (κ2) is 9.35. The zero-order chi connectivity index (χ0) is 15.0. The molecule has 0 aromatic heterocycles. The molecule has 0 aromatic carbocycles. The molecule has 1 N–H and O–H groups in total. The van der Waals surface area contributed by atoms with Gasteiger partial charge in [-0.1, -0.05) is 34.6 Å². The molecule has 0 heterocycles. The number of hydrogen-bond donors (Lipinski definition) is 1. The van der Waals surface area contributed by atoms with Crippen molar-refractivity contribution in [3.05, 3.63) is 0 Å². The Hall–Kier alpha value is -0.570. The Bertz CT molecular complexity index is 255. The summed E-state index contributed by atoms with van der Waals surface area (Å²) >= 11 is 0. The Morgan fingerprint density at radius 1 is 1.16 bits per heavy atom. The summed E-state index contributed by atoms with van der Waals surface area (Å²) in [6, 6.07) is 0. The van der Waals surface area contributed by atoms with Crippen LogP contribution in [0.2, 0.25) is 0 Å². The van der Waals surface area contributed by atoms with Crippen molar-refractivity contribution >= 4 is 5.91 Å². The summed E-state index contributed by atoms with van der Waals surface area (Å²) in [5.41, 5.74) is 0. The van der Waals surface area contributed by atoms with Gasteiger partial charge in [0, 0.05) is 26.1 Å². The van der Waals surface area contributed by atoms with E-state index in [2.05, 4.69) is 27.7 Å². The third-order valence-electron chi connectivity index (χ3n) is 4.40. The molecule has 4 atom stereocenters. The topological polar surface area (TPSA) is 40.5 Å². The summed E-state index contributed by atoms with van der Waals surface area (Å²) in [5.74, 6) is 1.88. The molecule has 0 rings (SSSR count). The number of rotatable bonds is 9. The van der Waals surface area contributed by atoms with Crippen LogP contribution in [-0.2, 0) is 4.79 Å². The van der Waals surface area contributed by atoms with Gasteiger partial charge in [-0.05, 0) is 37.0 Å². The van der Waals surface area contributed by atoms with E-state index in [0.29, 0.717) is 17.8 Å². The first-order valence-electron chi connectivity index (χ1n) is 7.69. The number of hydrogen-bond acceptors (Lipinski definition) is 2. The van der Waals surface area contributed by atoms with E-state index in [0.717, 1.165) is 25.8 Å². The van der Waals surface area contributed by atoms with Gasteiger partial charge in [-0.25, -0.2) is 0 Å². The van der Waals surface area contributed by atoms with Gasteiger partial charge in [0.15, 0.2) is 0 Å². The van der Waals surface area contributed by atoms with Crippen molar-refractivity contribution in [3.63, 3.8) is 0 Å². The molecule has 0 saturated heterocycles. The largest absolute Gasteiger partial charge is 0.396 e. The summed E-state index contributed by atoms with van der Waals surface area (Å²) in [4.78, 5) is 13.8. The molecule has 19 heavy (non-hydrogen) atoms. The minimum atomic E-state index is 0.133. The van der Waals surface area contributed by atoms with Crippen molar-refractivity contribution in [3.8, 4) is 0 Å². The monoisotopic (exact) mass is 271 g/mol. The molecule has 3 heteroatoms. The van der Waals surface area contributed by atoms with E-state index in [1.54, 1.807) is 0 Å². The molecule has 0 aliphatic carbocycles. The fourth-order valence-corrected chi connectivity index (χ4v) is 2.24. The van der Waals surface area contributed by atoms with Gasteiger partial charge in [0.25, 0.3) is 0 Å². The summed E-state index contributed by atoms with van der Waals surface area (Å²) in [5, 5.41) is 9.14. The summed E-state index contributed by atoms with van der Waals surface area (Å²) in [6.45, 7) is 11.7. The molecule has 0 aliphatic heterocycles. The Kier molecular flexibility index (Phi) is 9.07. The van der Waals surface area contributed by atoms with Crippen LogP contribution < -0.4 is 0 Å². The fraction of sp³-hybridized carbons (Fsp3) is 0.938. The standard InChI is InChI=1S/C16H33NO2/c1-7-13(3)16(19)17(6)9-8-12(2)10-14(4)15(5)11-18/h12-15,18H,7-11H2,1-6H3/t12-,13-,14+,15-/m1/s1. The molecular weight excluding hydrogens is 238 g/mol. The molecule has 0 aliphatic rings. The maximum absolute atomic E-state index is 12.0. The first kappa shape index (κ1) is 18.4. The van der Waals surface area contributed by atoms with E-state index < -0.39 is 0 Å². The number of carbonyl (C=O) groups is 1. The van der Waals surface area contributed by atoms with E-state index in [9.17, 15) is 4.79 Å². The molecule has 0 bridgehead atoms. The van der Waals surface area contributed by atoms with E-state index in [-0.39, 0.29) is 18.4 Å². The molecule has 0 aromatic rings. The van der Waals surface area contributed by atoms with E-state index in [1.807, 2.05) is 18.9 Å². The van der Waals surface area contributed by atoms with Gasteiger partial charge in [0.2, 0.25) is 5.91 Å². The smallest absolute Gasteiger partial charge is 0.225 e. The predicted octanol–water partition coefficient (Wildman–Crippen LogP) is 3.17. The predicted molar refractivity (Wildman–Crippen MR) is 80.9 cm³/mol. The van der Waals surface area contributed by atoms with Crippen LogP contribution in [0.25, 0.3) is 0 Å². The number of carbonyl (C=O) groups excluding carboxylic acids is 1. The van der Waals surface area contributed by atoms with Crippen LogP contribution in [0.1, 0.15) is 53.9 Å².